The molecule has 0 fully saturated rings. The van der Waals surface area contributed by atoms with Crippen LogP contribution < -0.4 is 0 Å². The maximum atomic E-state index is 12.2. The van der Waals surface area contributed by atoms with Crippen molar-refractivity contribution in [2.75, 3.05) is 6.61 Å². The maximum Gasteiger partial charge on any atom is 0.339 e. The number of nitro benzene ring substituents is 1. The summed E-state index contributed by atoms with van der Waals surface area (Å²) in [6.07, 6.45) is -0.362. The monoisotopic (exact) mass is 309 g/mol. The van der Waals surface area contributed by atoms with Gasteiger partial charge in [0, 0.05) is 6.07 Å². The molecule has 1 aromatic carbocycles. The van der Waals surface area contributed by atoms with E-state index in [1.165, 1.54) is 18.2 Å². The number of nitrogens with zero attached hydrogens (tertiary/aromatic N) is 1. The Kier molecular flexibility index (Phi) is 5.62. The Bertz CT molecular complexity index is 588. The number of esters is 2. The van der Waals surface area contributed by atoms with Crippen LogP contribution in [0.2, 0.25) is 0 Å². The second-order valence-corrected chi connectivity index (χ2v) is 5.54. The molecule has 0 unspecified atom stereocenters. The number of benzene rings is 1. The molecule has 0 N–H and O–H groups in total. The Morgan fingerprint density at radius 2 is 1.91 bits per heavy atom. The van der Waals surface area contributed by atoms with Gasteiger partial charge in [0.25, 0.3) is 5.69 Å². The van der Waals surface area contributed by atoms with E-state index in [2.05, 4.69) is 0 Å². The molecule has 0 atom stereocenters. The van der Waals surface area contributed by atoms with Gasteiger partial charge in [0.2, 0.25) is 0 Å². The molecular weight excluding hydrogens is 290 g/mol. The molecule has 0 radical (unpaired) electrons. The van der Waals surface area contributed by atoms with Crippen LogP contribution in [0.1, 0.15) is 43.6 Å². The standard InChI is InChI=1S/C15H19NO6/c1-5-21-13(17)9-11-10(14(18)22-15(2,3)4)7-6-8-12(11)16(19)20/h6-8H,5,9H2,1-4H3. The van der Waals surface area contributed by atoms with E-state index in [4.69, 9.17) is 9.47 Å². The van der Waals surface area contributed by atoms with Gasteiger partial charge in [-0.1, -0.05) is 6.07 Å². The van der Waals surface area contributed by atoms with Crippen LogP contribution in [0.5, 0.6) is 0 Å². The van der Waals surface area contributed by atoms with Gasteiger partial charge in [-0.15, -0.1) is 0 Å². The quantitative estimate of drug-likeness (QED) is 0.471. The van der Waals surface area contributed by atoms with Crippen LogP contribution in [0, 0.1) is 10.1 Å². The van der Waals surface area contributed by atoms with Crippen molar-refractivity contribution in [2.45, 2.75) is 39.7 Å². The molecule has 0 aliphatic rings. The van der Waals surface area contributed by atoms with Crippen LogP contribution in [0.15, 0.2) is 18.2 Å². The minimum absolute atomic E-state index is 0.000185. The number of carbonyl (C=O) groups excluding carboxylic acids is 2. The van der Waals surface area contributed by atoms with Crippen LogP contribution in [0.25, 0.3) is 0 Å². The van der Waals surface area contributed by atoms with Gasteiger partial charge in [0.1, 0.15) is 5.60 Å². The van der Waals surface area contributed by atoms with Crippen LogP contribution in [0.3, 0.4) is 0 Å². The SMILES string of the molecule is CCOC(=O)Cc1c(C(=O)OC(C)(C)C)cccc1[N+](=O)[O-]. The summed E-state index contributed by atoms with van der Waals surface area (Å²) < 4.78 is 10.0. The first-order chi connectivity index (χ1) is 10.2. The van der Waals surface area contributed by atoms with Gasteiger partial charge in [-0.25, -0.2) is 4.79 Å². The lowest BCUT2D eigenvalue weighted by Gasteiger charge is -2.20. The van der Waals surface area contributed by atoms with Gasteiger partial charge in [-0.05, 0) is 33.8 Å². The van der Waals surface area contributed by atoms with E-state index in [-0.39, 0.29) is 29.8 Å². The predicted molar refractivity (Wildman–Crippen MR) is 78.6 cm³/mol. The predicted octanol–water partition coefficient (Wildman–Crippen LogP) is 2.66. The molecule has 0 amide bonds. The highest BCUT2D eigenvalue weighted by atomic mass is 16.6. The minimum Gasteiger partial charge on any atom is -0.466 e. The highest BCUT2D eigenvalue weighted by molar-refractivity contribution is 5.94. The maximum absolute atomic E-state index is 12.2. The van der Waals surface area contributed by atoms with Crippen molar-refractivity contribution < 1.29 is 24.0 Å². The molecule has 0 spiro atoms. The number of rotatable bonds is 5. The zero-order valence-corrected chi connectivity index (χ0v) is 13.0. The molecule has 0 aromatic heterocycles. The van der Waals surface area contributed by atoms with Crippen molar-refractivity contribution in [1.82, 2.24) is 0 Å². The largest absolute Gasteiger partial charge is 0.466 e. The lowest BCUT2D eigenvalue weighted by Crippen LogP contribution is -2.25. The summed E-state index contributed by atoms with van der Waals surface area (Å²) >= 11 is 0. The van der Waals surface area contributed by atoms with Crippen LogP contribution in [0.4, 0.5) is 5.69 Å². The van der Waals surface area contributed by atoms with E-state index >= 15 is 0 Å². The van der Waals surface area contributed by atoms with Gasteiger partial charge in [-0.3, -0.25) is 14.9 Å². The fraction of sp³-hybridized carbons (Fsp3) is 0.467. The summed E-state index contributed by atoms with van der Waals surface area (Å²) in [6, 6.07) is 4.02. The molecule has 0 bridgehead atoms. The van der Waals surface area contributed by atoms with Crippen molar-refractivity contribution in [3.8, 4) is 0 Å². The van der Waals surface area contributed by atoms with Crippen molar-refractivity contribution >= 4 is 17.6 Å². The van der Waals surface area contributed by atoms with E-state index in [1.807, 2.05) is 0 Å². The highest BCUT2D eigenvalue weighted by Gasteiger charge is 2.27. The number of ether oxygens (including phenoxy) is 2. The molecule has 0 saturated heterocycles. The van der Waals surface area contributed by atoms with Gasteiger partial charge in [0.15, 0.2) is 0 Å². The Balaban J connectivity index is 3.26. The Hall–Kier alpha value is -2.44. The summed E-state index contributed by atoms with van der Waals surface area (Å²) in [5, 5.41) is 11.1. The number of carbonyl (C=O) groups is 2. The first kappa shape index (κ1) is 17.6. The van der Waals surface area contributed by atoms with Crippen molar-refractivity contribution in [2.24, 2.45) is 0 Å². The second-order valence-electron chi connectivity index (χ2n) is 5.54. The zero-order valence-electron chi connectivity index (χ0n) is 13.0. The van der Waals surface area contributed by atoms with Gasteiger partial charge >= 0.3 is 11.9 Å². The third-order valence-electron chi connectivity index (χ3n) is 2.59. The minimum atomic E-state index is -0.747. The average Bonchev–Trinajstić information content (AvgIpc) is 2.36. The summed E-state index contributed by atoms with van der Waals surface area (Å²) in [4.78, 5) is 34.3. The smallest absolute Gasteiger partial charge is 0.339 e. The van der Waals surface area contributed by atoms with Crippen LogP contribution in [-0.2, 0) is 20.7 Å². The van der Waals surface area contributed by atoms with E-state index in [0.29, 0.717) is 0 Å². The molecule has 22 heavy (non-hydrogen) atoms. The van der Waals surface area contributed by atoms with E-state index in [9.17, 15) is 19.7 Å². The van der Waals surface area contributed by atoms with Crippen molar-refractivity contribution in [3.05, 3.63) is 39.4 Å². The highest BCUT2D eigenvalue weighted by Crippen LogP contribution is 2.25. The van der Waals surface area contributed by atoms with Gasteiger partial charge in [-0.2, -0.15) is 0 Å². The number of hydrogen-bond acceptors (Lipinski definition) is 6. The lowest BCUT2D eigenvalue weighted by molar-refractivity contribution is -0.385. The van der Waals surface area contributed by atoms with Crippen LogP contribution in [-0.4, -0.2) is 29.1 Å². The van der Waals surface area contributed by atoms with E-state index in [0.717, 1.165) is 0 Å². The third-order valence-corrected chi connectivity index (χ3v) is 2.59. The zero-order chi connectivity index (χ0) is 16.9. The Labute approximate surface area is 128 Å². The molecule has 7 nitrogen and oxygen atoms in total. The molecule has 0 aliphatic heterocycles. The molecule has 120 valence electrons. The summed E-state index contributed by atoms with van der Waals surface area (Å²) in [5.41, 5.74) is -1.06. The first-order valence-electron chi connectivity index (χ1n) is 6.81. The summed E-state index contributed by atoms with van der Waals surface area (Å²) in [6.45, 7) is 6.85. The van der Waals surface area contributed by atoms with Gasteiger partial charge < -0.3 is 9.47 Å². The van der Waals surface area contributed by atoms with E-state index < -0.39 is 22.5 Å². The fourth-order valence-electron chi connectivity index (χ4n) is 1.81. The molecule has 0 aliphatic carbocycles. The molecule has 1 aromatic rings. The topological polar surface area (TPSA) is 95.7 Å². The molecule has 0 saturated carbocycles. The molecular formula is C15H19NO6. The Morgan fingerprint density at radius 3 is 2.41 bits per heavy atom. The molecule has 7 heteroatoms. The second kappa shape index (κ2) is 7.02. The molecule has 0 heterocycles. The summed E-state index contributed by atoms with van der Waals surface area (Å²) in [7, 11) is 0. The third kappa shape index (κ3) is 4.83. The summed E-state index contributed by atoms with van der Waals surface area (Å²) in [5.74, 6) is -1.35. The number of nitro groups is 1. The lowest BCUT2D eigenvalue weighted by atomic mass is 10.0. The van der Waals surface area contributed by atoms with Crippen molar-refractivity contribution in [3.63, 3.8) is 0 Å². The van der Waals surface area contributed by atoms with Crippen LogP contribution >= 0.6 is 0 Å². The van der Waals surface area contributed by atoms with Crippen molar-refractivity contribution in [1.29, 1.82) is 0 Å². The number of hydrogen-bond donors (Lipinski definition) is 0. The van der Waals surface area contributed by atoms with E-state index in [1.54, 1.807) is 27.7 Å². The fourth-order valence-corrected chi connectivity index (χ4v) is 1.81. The normalized spacial score (nSPS) is 10.9. The Morgan fingerprint density at radius 1 is 1.27 bits per heavy atom. The van der Waals surface area contributed by atoms with Gasteiger partial charge in [0.05, 0.1) is 29.1 Å². The average molecular weight is 309 g/mol. The molecule has 1 rings (SSSR count). The first-order valence-corrected chi connectivity index (χ1v) is 6.81.